The Morgan fingerprint density at radius 2 is 1.67 bits per heavy atom. The van der Waals surface area contributed by atoms with Crippen LogP contribution in [-0.2, 0) is 9.59 Å². The van der Waals surface area contributed by atoms with Crippen molar-refractivity contribution in [2.75, 3.05) is 5.32 Å². The standard InChI is InChI=1S/C20H24N2O2/c1-13-8-10-17(11-9-13)19(21-16(4)23)12-20(24)22-18-7-5-6-14(2)15(18)3/h5-11,19H,12H2,1-4H3,(H,21,23)(H,22,24). The first-order chi connectivity index (χ1) is 11.4. The summed E-state index contributed by atoms with van der Waals surface area (Å²) < 4.78 is 0. The zero-order chi connectivity index (χ0) is 17.7. The van der Waals surface area contributed by atoms with Gasteiger partial charge in [0.1, 0.15) is 0 Å². The van der Waals surface area contributed by atoms with Gasteiger partial charge in [0.2, 0.25) is 11.8 Å². The van der Waals surface area contributed by atoms with E-state index in [0.717, 1.165) is 27.9 Å². The highest BCUT2D eigenvalue weighted by molar-refractivity contribution is 5.92. The molecule has 0 radical (unpaired) electrons. The van der Waals surface area contributed by atoms with Gasteiger partial charge < -0.3 is 10.6 Å². The maximum absolute atomic E-state index is 12.4. The van der Waals surface area contributed by atoms with E-state index >= 15 is 0 Å². The molecule has 0 saturated heterocycles. The van der Waals surface area contributed by atoms with E-state index < -0.39 is 0 Å². The number of benzene rings is 2. The molecule has 1 atom stereocenters. The summed E-state index contributed by atoms with van der Waals surface area (Å²) in [5.74, 6) is -0.275. The molecular formula is C20H24N2O2. The van der Waals surface area contributed by atoms with Crippen molar-refractivity contribution in [2.45, 2.75) is 40.2 Å². The molecular weight excluding hydrogens is 300 g/mol. The molecule has 0 heterocycles. The number of nitrogens with one attached hydrogen (secondary N) is 2. The van der Waals surface area contributed by atoms with E-state index in [1.54, 1.807) is 0 Å². The highest BCUT2D eigenvalue weighted by atomic mass is 16.2. The third-order valence-electron chi connectivity index (χ3n) is 4.13. The van der Waals surface area contributed by atoms with Crippen LogP contribution in [0.25, 0.3) is 0 Å². The van der Waals surface area contributed by atoms with Gasteiger partial charge in [0.15, 0.2) is 0 Å². The SMILES string of the molecule is CC(=O)NC(CC(=O)Nc1cccc(C)c1C)c1ccc(C)cc1. The molecule has 0 fully saturated rings. The van der Waals surface area contributed by atoms with Crippen molar-refractivity contribution >= 4 is 17.5 Å². The molecule has 0 spiro atoms. The summed E-state index contributed by atoms with van der Waals surface area (Å²) in [6.07, 6.45) is 0.190. The number of carbonyl (C=O) groups is 2. The van der Waals surface area contributed by atoms with Gasteiger partial charge in [0, 0.05) is 12.6 Å². The van der Waals surface area contributed by atoms with Gasteiger partial charge in [-0.1, -0.05) is 42.0 Å². The van der Waals surface area contributed by atoms with Crippen molar-refractivity contribution in [3.63, 3.8) is 0 Å². The Kier molecular flexibility index (Phi) is 5.74. The first-order valence-corrected chi connectivity index (χ1v) is 8.06. The van der Waals surface area contributed by atoms with Gasteiger partial charge in [-0.05, 0) is 43.5 Å². The van der Waals surface area contributed by atoms with Crippen LogP contribution in [0.1, 0.15) is 41.6 Å². The van der Waals surface area contributed by atoms with Crippen molar-refractivity contribution in [1.82, 2.24) is 5.32 Å². The average Bonchev–Trinajstić information content (AvgIpc) is 2.51. The molecule has 0 aromatic heterocycles. The fraction of sp³-hybridized carbons (Fsp3) is 0.300. The fourth-order valence-electron chi connectivity index (χ4n) is 2.57. The van der Waals surface area contributed by atoms with Crippen LogP contribution in [0.15, 0.2) is 42.5 Å². The van der Waals surface area contributed by atoms with Gasteiger partial charge >= 0.3 is 0 Å². The van der Waals surface area contributed by atoms with Crippen molar-refractivity contribution in [3.8, 4) is 0 Å². The zero-order valence-corrected chi connectivity index (χ0v) is 14.6. The lowest BCUT2D eigenvalue weighted by molar-refractivity contribution is -0.120. The molecule has 0 aliphatic carbocycles. The van der Waals surface area contributed by atoms with Crippen LogP contribution in [0.5, 0.6) is 0 Å². The number of hydrogen-bond acceptors (Lipinski definition) is 2. The van der Waals surface area contributed by atoms with Crippen molar-refractivity contribution in [2.24, 2.45) is 0 Å². The van der Waals surface area contributed by atoms with Gasteiger partial charge in [0.05, 0.1) is 12.5 Å². The highest BCUT2D eigenvalue weighted by Crippen LogP contribution is 2.21. The first kappa shape index (κ1) is 17.7. The largest absolute Gasteiger partial charge is 0.349 e. The Balaban J connectivity index is 2.13. The molecule has 2 amide bonds. The summed E-state index contributed by atoms with van der Waals surface area (Å²) in [4.78, 5) is 23.9. The fourth-order valence-corrected chi connectivity index (χ4v) is 2.57. The molecule has 126 valence electrons. The minimum absolute atomic E-state index is 0.122. The molecule has 2 aromatic rings. The molecule has 2 rings (SSSR count). The number of anilines is 1. The van der Waals surface area contributed by atoms with E-state index in [1.807, 2.05) is 63.2 Å². The van der Waals surface area contributed by atoms with Crippen molar-refractivity contribution in [1.29, 1.82) is 0 Å². The quantitative estimate of drug-likeness (QED) is 0.878. The summed E-state index contributed by atoms with van der Waals surface area (Å²) in [6.45, 7) is 7.46. The van der Waals surface area contributed by atoms with Crippen molar-refractivity contribution in [3.05, 3.63) is 64.7 Å². The molecule has 0 saturated carbocycles. The first-order valence-electron chi connectivity index (χ1n) is 8.06. The average molecular weight is 324 g/mol. The Morgan fingerprint density at radius 3 is 2.29 bits per heavy atom. The highest BCUT2D eigenvalue weighted by Gasteiger charge is 2.17. The molecule has 0 aliphatic rings. The van der Waals surface area contributed by atoms with E-state index in [4.69, 9.17) is 0 Å². The van der Waals surface area contributed by atoms with E-state index in [2.05, 4.69) is 10.6 Å². The Labute approximate surface area is 143 Å². The van der Waals surface area contributed by atoms with Gasteiger partial charge in [-0.15, -0.1) is 0 Å². The summed E-state index contributed by atoms with van der Waals surface area (Å²) in [5.41, 5.74) is 5.06. The minimum atomic E-state index is -0.340. The van der Waals surface area contributed by atoms with Crippen LogP contribution >= 0.6 is 0 Å². The Morgan fingerprint density at radius 1 is 1.00 bits per heavy atom. The lowest BCUT2D eigenvalue weighted by Gasteiger charge is -2.19. The molecule has 1 unspecified atom stereocenters. The van der Waals surface area contributed by atoms with Crippen LogP contribution in [0.4, 0.5) is 5.69 Å². The van der Waals surface area contributed by atoms with Crippen LogP contribution in [0.3, 0.4) is 0 Å². The number of aryl methyl sites for hydroxylation is 2. The maximum Gasteiger partial charge on any atom is 0.226 e. The molecule has 2 N–H and O–H groups in total. The molecule has 4 nitrogen and oxygen atoms in total. The molecule has 2 aromatic carbocycles. The van der Waals surface area contributed by atoms with Gasteiger partial charge in [0.25, 0.3) is 0 Å². The zero-order valence-electron chi connectivity index (χ0n) is 14.6. The Bertz CT molecular complexity index is 736. The molecule has 0 aliphatic heterocycles. The van der Waals surface area contributed by atoms with E-state index in [1.165, 1.54) is 6.92 Å². The monoisotopic (exact) mass is 324 g/mol. The summed E-state index contributed by atoms with van der Waals surface area (Å²) in [5, 5.41) is 5.80. The predicted octanol–water partition coefficient (Wildman–Crippen LogP) is 3.82. The second kappa shape index (κ2) is 7.77. The summed E-state index contributed by atoms with van der Waals surface area (Å²) in [6, 6.07) is 13.3. The lowest BCUT2D eigenvalue weighted by Crippen LogP contribution is -2.29. The maximum atomic E-state index is 12.4. The number of carbonyl (C=O) groups excluding carboxylic acids is 2. The van der Waals surface area contributed by atoms with E-state index in [-0.39, 0.29) is 24.3 Å². The summed E-state index contributed by atoms with van der Waals surface area (Å²) in [7, 11) is 0. The smallest absolute Gasteiger partial charge is 0.226 e. The second-order valence-electron chi connectivity index (χ2n) is 6.16. The normalized spacial score (nSPS) is 11.7. The predicted molar refractivity (Wildman–Crippen MR) is 96.9 cm³/mol. The minimum Gasteiger partial charge on any atom is -0.349 e. The van der Waals surface area contributed by atoms with Crippen molar-refractivity contribution < 1.29 is 9.59 Å². The van der Waals surface area contributed by atoms with E-state index in [9.17, 15) is 9.59 Å². The molecule has 4 heteroatoms. The van der Waals surface area contributed by atoms with Gasteiger partial charge in [-0.2, -0.15) is 0 Å². The van der Waals surface area contributed by atoms with Crippen LogP contribution in [0.2, 0.25) is 0 Å². The summed E-state index contributed by atoms with van der Waals surface area (Å²) >= 11 is 0. The third kappa shape index (κ3) is 4.69. The Hall–Kier alpha value is -2.62. The topological polar surface area (TPSA) is 58.2 Å². The number of rotatable bonds is 5. The third-order valence-corrected chi connectivity index (χ3v) is 4.13. The van der Waals surface area contributed by atoms with Gasteiger partial charge in [-0.25, -0.2) is 0 Å². The van der Waals surface area contributed by atoms with Gasteiger partial charge in [-0.3, -0.25) is 9.59 Å². The molecule has 0 bridgehead atoms. The van der Waals surface area contributed by atoms with E-state index in [0.29, 0.717) is 0 Å². The number of hydrogen-bond donors (Lipinski definition) is 2. The van der Waals surface area contributed by atoms with Crippen LogP contribution in [-0.4, -0.2) is 11.8 Å². The molecule has 24 heavy (non-hydrogen) atoms. The second-order valence-corrected chi connectivity index (χ2v) is 6.16. The number of amides is 2. The van der Waals surface area contributed by atoms with Crippen LogP contribution in [0, 0.1) is 20.8 Å². The van der Waals surface area contributed by atoms with Crippen LogP contribution < -0.4 is 10.6 Å². The lowest BCUT2D eigenvalue weighted by atomic mass is 10.0.